The maximum Gasteiger partial charge on any atom is 0.329 e. The van der Waals surface area contributed by atoms with E-state index >= 15 is 0 Å². The number of nitrogens with zero attached hydrogens (tertiary/aromatic N) is 3. The minimum absolute atomic E-state index is 0.0317. The Morgan fingerprint density at radius 2 is 2.00 bits per heavy atom. The Morgan fingerprint density at radius 3 is 2.68 bits per heavy atom. The van der Waals surface area contributed by atoms with Crippen LogP contribution in [0.4, 0.5) is 4.39 Å². The fourth-order valence-corrected chi connectivity index (χ4v) is 1.79. The second-order valence-corrected chi connectivity index (χ2v) is 4.47. The van der Waals surface area contributed by atoms with Gasteiger partial charge in [0.25, 0.3) is 0 Å². The molecular weight excluding hydrogens is 340 g/mol. The molecule has 0 aliphatic heterocycles. The van der Waals surface area contributed by atoms with Crippen LogP contribution in [-0.2, 0) is 0 Å². The highest BCUT2D eigenvalue weighted by Gasteiger charge is 2.10. The van der Waals surface area contributed by atoms with Gasteiger partial charge in [0, 0.05) is 0 Å². The van der Waals surface area contributed by atoms with Crippen LogP contribution in [0.2, 0.25) is 5.28 Å². The van der Waals surface area contributed by atoms with Crippen LogP contribution in [0.5, 0.6) is 17.8 Å². The monoisotopic (exact) mass is 347 g/mol. The van der Waals surface area contributed by atoms with Gasteiger partial charge in [0.15, 0.2) is 0 Å². The summed E-state index contributed by atoms with van der Waals surface area (Å²) in [5.41, 5.74) is 0. The lowest BCUT2D eigenvalue weighted by Gasteiger charge is -2.07. The third-order valence-electron chi connectivity index (χ3n) is 1.94. The summed E-state index contributed by atoms with van der Waals surface area (Å²) in [5, 5.41) is -0.0494. The largest absolute Gasteiger partial charge is 0.464 e. The Kier molecular flexibility index (Phi) is 4.49. The molecule has 1 aromatic heterocycles. The predicted molar refractivity (Wildman–Crippen MR) is 70.2 cm³/mol. The molecular formula is C11H8BrClFN3O2. The molecule has 0 radical (unpaired) electrons. The van der Waals surface area contributed by atoms with E-state index in [2.05, 4.69) is 30.9 Å². The maximum atomic E-state index is 12.9. The van der Waals surface area contributed by atoms with Crippen molar-refractivity contribution in [3.8, 4) is 17.8 Å². The number of rotatable bonds is 4. The first kappa shape index (κ1) is 14.0. The van der Waals surface area contributed by atoms with Gasteiger partial charge in [-0.25, -0.2) is 4.39 Å². The van der Waals surface area contributed by atoms with Crippen molar-refractivity contribution < 1.29 is 13.9 Å². The molecule has 8 heteroatoms. The Morgan fingerprint density at radius 1 is 1.26 bits per heavy atom. The summed E-state index contributed by atoms with van der Waals surface area (Å²) in [6.07, 6.45) is 0. The smallest absolute Gasteiger partial charge is 0.329 e. The van der Waals surface area contributed by atoms with Crippen molar-refractivity contribution in [3.63, 3.8) is 0 Å². The third kappa shape index (κ3) is 3.74. The first-order chi connectivity index (χ1) is 9.08. The molecule has 0 N–H and O–H groups in total. The van der Waals surface area contributed by atoms with Gasteiger partial charge < -0.3 is 9.47 Å². The SMILES string of the molecule is CCOc1nc(Cl)nc(Oc2ccc(F)cc2Br)n1. The van der Waals surface area contributed by atoms with Crippen LogP contribution in [0.15, 0.2) is 22.7 Å². The summed E-state index contributed by atoms with van der Waals surface area (Å²) in [5.74, 6) is -0.0333. The lowest BCUT2D eigenvalue weighted by Crippen LogP contribution is -2.01. The van der Waals surface area contributed by atoms with Gasteiger partial charge in [0.2, 0.25) is 5.28 Å². The topological polar surface area (TPSA) is 57.1 Å². The Hall–Kier alpha value is -1.47. The van der Waals surface area contributed by atoms with Crippen molar-refractivity contribution in [2.75, 3.05) is 6.61 Å². The number of benzene rings is 1. The number of hydrogen-bond donors (Lipinski definition) is 0. The van der Waals surface area contributed by atoms with Crippen molar-refractivity contribution >= 4 is 27.5 Å². The first-order valence-corrected chi connectivity index (χ1v) is 6.43. The molecule has 0 bridgehead atoms. The van der Waals surface area contributed by atoms with E-state index in [9.17, 15) is 4.39 Å². The van der Waals surface area contributed by atoms with Crippen molar-refractivity contribution in [3.05, 3.63) is 33.8 Å². The van der Waals surface area contributed by atoms with Crippen LogP contribution >= 0.6 is 27.5 Å². The summed E-state index contributed by atoms with van der Waals surface area (Å²) in [7, 11) is 0. The Labute approximate surface area is 121 Å². The van der Waals surface area contributed by atoms with Crippen molar-refractivity contribution in [2.24, 2.45) is 0 Å². The molecule has 0 aliphatic rings. The molecule has 1 aromatic carbocycles. The molecule has 0 atom stereocenters. The Balaban J connectivity index is 2.27. The molecule has 0 amide bonds. The zero-order valence-corrected chi connectivity index (χ0v) is 12.1. The molecule has 2 rings (SSSR count). The number of aromatic nitrogens is 3. The second-order valence-electron chi connectivity index (χ2n) is 3.28. The summed E-state index contributed by atoms with van der Waals surface area (Å²) < 4.78 is 23.9. The fourth-order valence-electron chi connectivity index (χ4n) is 1.21. The number of halogens is 3. The van der Waals surface area contributed by atoms with Gasteiger partial charge >= 0.3 is 12.0 Å². The van der Waals surface area contributed by atoms with Crippen molar-refractivity contribution in [1.82, 2.24) is 15.0 Å². The molecule has 19 heavy (non-hydrogen) atoms. The van der Waals surface area contributed by atoms with Crippen LogP contribution in [-0.4, -0.2) is 21.6 Å². The summed E-state index contributed by atoms with van der Waals surface area (Å²) in [6, 6.07) is 4.00. The minimum atomic E-state index is -0.386. The lowest BCUT2D eigenvalue weighted by molar-refractivity contribution is 0.303. The highest BCUT2D eigenvalue weighted by Crippen LogP contribution is 2.29. The fraction of sp³-hybridized carbons (Fsp3) is 0.182. The molecule has 2 aromatic rings. The highest BCUT2D eigenvalue weighted by molar-refractivity contribution is 9.10. The van der Waals surface area contributed by atoms with Gasteiger partial charge in [-0.2, -0.15) is 9.97 Å². The van der Waals surface area contributed by atoms with Gasteiger partial charge in [-0.15, -0.1) is 4.98 Å². The van der Waals surface area contributed by atoms with E-state index < -0.39 is 0 Å². The first-order valence-electron chi connectivity index (χ1n) is 5.25. The maximum absolute atomic E-state index is 12.9. The zero-order chi connectivity index (χ0) is 13.8. The van der Waals surface area contributed by atoms with Crippen LogP contribution in [0, 0.1) is 5.82 Å². The number of hydrogen-bond acceptors (Lipinski definition) is 5. The molecule has 0 spiro atoms. The van der Waals surface area contributed by atoms with Gasteiger partial charge in [-0.3, -0.25) is 0 Å². The van der Waals surface area contributed by atoms with Gasteiger partial charge in [0.05, 0.1) is 11.1 Å². The second kappa shape index (κ2) is 6.12. The lowest BCUT2D eigenvalue weighted by atomic mass is 10.3. The van der Waals surface area contributed by atoms with Gasteiger partial charge in [0.1, 0.15) is 11.6 Å². The van der Waals surface area contributed by atoms with E-state index in [1.165, 1.54) is 18.2 Å². The van der Waals surface area contributed by atoms with Crippen molar-refractivity contribution in [2.45, 2.75) is 6.92 Å². The van der Waals surface area contributed by atoms with E-state index in [-0.39, 0.29) is 23.1 Å². The molecule has 5 nitrogen and oxygen atoms in total. The quantitative estimate of drug-likeness (QED) is 0.844. The van der Waals surface area contributed by atoms with Crippen LogP contribution in [0.1, 0.15) is 6.92 Å². The molecule has 0 saturated carbocycles. The average molecular weight is 349 g/mol. The van der Waals surface area contributed by atoms with Crippen LogP contribution in [0.3, 0.4) is 0 Å². The molecule has 100 valence electrons. The predicted octanol–water partition coefficient (Wildman–Crippen LogP) is 3.62. The van der Waals surface area contributed by atoms with Gasteiger partial charge in [-0.1, -0.05) is 0 Å². The zero-order valence-electron chi connectivity index (χ0n) is 9.73. The van der Waals surface area contributed by atoms with Gasteiger partial charge in [-0.05, 0) is 52.7 Å². The highest BCUT2D eigenvalue weighted by atomic mass is 79.9. The number of ether oxygens (including phenoxy) is 2. The normalized spacial score (nSPS) is 10.3. The molecule has 0 unspecified atom stereocenters. The summed E-state index contributed by atoms with van der Waals surface area (Å²) in [4.78, 5) is 11.5. The molecule has 0 aliphatic carbocycles. The average Bonchev–Trinajstić information content (AvgIpc) is 2.32. The van der Waals surface area contributed by atoms with E-state index in [1.807, 2.05) is 0 Å². The Bertz CT molecular complexity index is 600. The minimum Gasteiger partial charge on any atom is -0.464 e. The van der Waals surface area contributed by atoms with E-state index in [0.29, 0.717) is 16.8 Å². The molecule has 0 saturated heterocycles. The molecule has 0 fully saturated rings. The third-order valence-corrected chi connectivity index (χ3v) is 2.72. The summed E-state index contributed by atoms with van der Waals surface area (Å²) in [6.45, 7) is 2.18. The standard InChI is InChI=1S/C11H8BrClFN3O2/c1-2-18-10-15-9(13)16-11(17-10)19-8-4-3-6(14)5-7(8)12/h3-5H,2H2,1H3. The van der Waals surface area contributed by atoms with E-state index in [0.717, 1.165) is 0 Å². The van der Waals surface area contributed by atoms with E-state index in [1.54, 1.807) is 6.92 Å². The van der Waals surface area contributed by atoms with E-state index in [4.69, 9.17) is 21.1 Å². The molecule has 1 heterocycles. The summed E-state index contributed by atoms with van der Waals surface area (Å²) >= 11 is 8.89. The van der Waals surface area contributed by atoms with Crippen LogP contribution in [0.25, 0.3) is 0 Å². The van der Waals surface area contributed by atoms with Crippen LogP contribution < -0.4 is 9.47 Å². The van der Waals surface area contributed by atoms with Crippen molar-refractivity contribution in [1.29, 1.82) is 0 Å².